The van der Waals surface area contributed by atoms with E-state index in [0.29, 0.717) is 12.1 Å². The van der Waals surface area contributed by atoms with E-state index in [4.69, 9.17) is 5.11 Å². The van der Waals surface area contributed by atoms with Gasteiger partial charge in [0.1, 0.15) is 6.54 Å². The highest BCUT2D eigenvalue weighted by Gasteiger charge is 2.18. The molecule has 0 fully saturated rings. The number of hydrogen-bond donors (Lipinski definition) is 1. The summed E-state index contributed by atoms with van der Waals surface area (Å²) < 4.78 is 1.85. The molecular formula is C14H16N2O3. The lowest BCUT2D eigenvalue weighted by atomic mass is 10.2. The monoisotopic (exact) mass is 260 g/mol. The van der Waals surface area contributed by atoms with Crippen LogP contribution in [0.4, 0.5) is 0 Å². The molecule has 2 aromatic heterocycles. The molecule has 2 rings (SSSR count). The number of rotatable bonds is 5. The zero-order valence-corrected chi connectivity index (χ0v) is 10.7. The van der Waals surface area contributed by atoms with E-state index in [9.17, 15) is 9.59 Å². The second-order valence-electron chi connectivity index (χ2n) is 4.38. The highest BCUT2D eigenvalue weighted by Crippen LogP contribution is 2.12. The van der Waals surface area contributed by atoms with Crippen molar-refractivity contribution in [3.63, 3.8) is 0 Å². The van der Waals surface area contributed by atoms with Gasteiger partial charge in [0.15, 0.2) is 0 Å². The van der Waals surface area contributed by atoms with Crippen LogP contribution in [0.15, 0.2) is 36.7 Å². The number of pyridine rings is 1. The van der Waals surface area contributed by atoms with Crippen molar-refractivity contribution in [2.24, 2.45) is 0 Å². The molecule has 0 saturated heterocycles. The third-order valence-corrected chi connectivity index (χ3v) is 2.86. The van der Waals surface area contributed by atoms with Crippen molar-refractivity contribution in [2.75, 3.05) is 13.1 Å². The fourth-order valence-corrected chi connectivity index (χ4v) is 2.04. The van der Waals surface area contributed by atoms with Gasteiger partial charge in [-0.15, -0.1) is 0 Å². The molecule has 2 heterocycles. The van der Waals surface area contributed by atoms with Gasteiger partial charge in [0.05, 0.1) is 5.56 Å². The van der Waals surface area contributed by atoms with Crippen LogP contribution in [0, 0.1) is 0 Å². The van der Waals surface area contributed by atoms with Crippen molar-refractivity contribution in [2.45, 2.75) is 13.3 Å². The second kappa shape index (κ2) is 5.56. The van der Waals surface area contributed by atoms with Gasteiger partial charge in [-0.05, 0) is 24.6 Å². The number of carboxylic acids is 1. The number of fused-ring (bicyclic) bond motifs is 1. The van der Waals surface area contributed by atoms with Crippen LogP contribution < -0.4 is 0 Å². The summed E-state index contributed by atoms with van der Waals surface area (Å²) in [5.41, 5.74) is 1.43. The highest BCUT2D eigenvalue weighted by molar-refractivity contribution is 5.97. The molecule has 1 amide bonds. The zero-order chi connectivity index (χ0) is 13.8. The minimum atomic E-state index is -0.995. The van der Waals surface area contributed by atoms with Gasteiger partial charge >= 0.3 is 5.97 Å². The molecule has 0 saturated carbocycles. The highest BCUT2D eigenvalue weighted by atomic mass is 16.4. The molecule has 1 N–H and O–H groups in total. The van der Waals surface area contributed by atoms with Gasteiger partial charge in [-0.3, -0.25) is 9.59 Å². The molecule has 0 aromatic carbocycles. The molecule has 5 nitrogen and oxygen atoms in total. The molecule has 100 valence electrons. The Kier molecular flexibility index (Phi) is 3.85. The molecule has 0 aliphatic carbocycles. The Balaban J connectivity index is 2.27. The van der Waals surface area contributed by atoms with Crippen LogP contribution in [0.3, 0.4) is 0 Å². The van der Waals surface area contributed by atoms with E-state index < -0.39 is 5.97 Å². The number of hydrogen-bond acceptors (Lipinski definition) is 2. The molecule has 0 spiro atoms. The van der Waals surface area contributed by atoms with Crippen molar-refractivity contribution >= 4 is 17.4 Å². The molecular weight excluding hydrogens is 244 g/mol. The molecule has 19 heavy (non-hydrogen) atoms. The van der Waals surface area contributed by atoms with E-state index in [0.717, 1.165) is 11.9 Å². The maximum Gasteiger partial charge on any atom is 0.323 e. The first-order chi connectivity index (χ1) is 9.11. The van der Waals surface area contributed by atoms with Crippen molar-refractivity contribution in [1.29, 1.82) is 0 Å². The molecule has 5 heteroatoms. The van der Waals surface area contributed by atoms with Gasteiger partial charge in [-0.25, -0.2) is 0 Å². The summed E-state index contributed by atoms with van der Waals surface area (Å²) in [6.07, 6.45) is 4.31. The average molecular weight is 260 g/mol. The topological polar surface area (TPSA) is 62.0 Å². The van der Waals surface area contributed by atoms with Crippen molar-refractivity contribution < 1.29 is 14.7 Å². The van der Waals surface area contributed by atoms with Crippen LogP contribution in [-0.4, -0.2) is 39.4 Å². The maximum atomic E-state index is 12.3. The third kappa shape index (κ3) is 2.93. The van der Waals surface area contributed by atoms with Crippen LogP contribution >= 0.6 is 0 Å². The van der Waals surface area contributed by atoms with Gasteiger partial charge in [0.25, 0.3) is 5.91 Å². The molecule has 0 aliphatic heterocycles. The predicted octanol–water partition coefficient (Wildman–Crippen LogP) is 1.88. The molecule has 0 unspecified atom stereocenters. The largest absolute Gasteiger partial charge is 0.480 e. The minimum Gasteiger partial charge on any atom is -0.480 e. The summed E-state index contributed by atoms with van der Waals surface area (Å²) in [5, 5.41) is 8.85. The summed E-state index contributed by atoms with van der Waals surface area (Å²) in [5.74, 6) is -1.24. The Hall–Kier alpha value is -2.30. The summed E-state index contributed by atoms with van der Waals surface area (Å²) in [4.78, 5) is 24.4. The molecule has 0 aliphatic rings. The molecule has 0 atom stereocenters. The molecule has 2 aromatic rings. The van der Waals surface area contributed by atoms with E-state index in [2.05, 4.69) is 0 Å². The van der Waals surface area contributed by atoms with Crippen LogP contribution in [0.1, 0.15) is 23.7 Å². The van der Waals surface area contributed by atoms with E-state index in [-0.39, 0.29) is 12.5 Å². The van der Waals surface area contributed by atoms with Gasteiger partial charge < -0.3 is 14.4 Å². The van der Waals surface area contributed by atoms with Gasteiger partial charge in [-0.2, -0.15) is 0 Å². The predicted molar refractivity (Wildman–Crippen MR) is 71.2 cm³/mol. The number of carboxylic acid groups (broad SMARTS) is 1. The SMILES string of the molecule is CCCN(CC(=O)O)C(=O)c1cc2ccccn2c1. The van der Waals surface area contributed by atoms with Gasteiger partial charge in [0.2, 0.25) is 0 Å². The van der Waals surface area contributed by atoms with Crippen LogP contribution in [0.5, 0.6) is 0 Å². The average Bonchev–Trinajstić information content (AvgIpc) is 2.80. The maximum absolute atomic E-state index is 12.3. The van der Waals surface area contributed by atoms with Crippen molar-refractivity contribution in [3.05, 3.63) is 42.2 Å². The fourth-order valence-electron chi connectivity index (χ4n) is 2.04. The van der Waals surface area contributed by atoms with Crippen LogP contribution in [0.25, 0.3) is 5.52 Å². The normalized spacial score (nSPS) is 10.6. The van der Waals surface area contributed by atoms with E-state index in [1.807, 2.05) is 35.7 Å². The fraction of sp³-hybridized carbons (Fsp3) is 0.286. The Labute approximate surface area is 111 Å². The Bertz CT molecular complexity index is 571. The van der Waals surface area contributed by atoms with Crippen LogP contribution in [-0.2, 0) is 4.79 Å². The number of nitrogens with zero attached hydrogens (tertiary/aromatic N) is 2. The summed E-state index contributed by atoms with van der Waals surface area (Å²) in [6, 6.07) is 7.44. The summed E-state index contributed by atoms with van der Waals surface area (Å²) in [6.45, 7) is 2.09. The molecule has 0 bridgehead atoms. The number of aromatic nitrogens is 1. The van der Waals surface area contributed by atoms with Gasteiger partial charge in [-0.1, -0.05) is 13.0 Å². The molecule has 0 radical (unpaired) electrons. The smallest absolute Gasteiger partial charge is 0.323 e. The zero-order valence-electron chi connectivity index (χ0n) is 10.7. The Morgan fingerprint density at radius 3 is 2.79 bits per heavy atom. The lowest BCUT2D eigenvalue weighted by molar-refractivity contribution is -0.137. The number of amides is 1. The van der Waals surface area contributed by atoms with E-state index >= 15 is 0 Å². The standard InChI is InChI=1S/C14H16N2O3/c1-2-6-16(10-13(17)18)14(19)11-8-12-5-3-4-7-15(12)9-11/h3-5,7-9H,2,6,10H2,1H3,(H,17,18). The second-order valence-corrected chi connectivity index (χ2v) is 4.38. The van der Waals surface area contributed by atoms with Crippen molar-refractivity contribution in [1.82, 2.24) is 9.30 Å². The van der Waals surface area contributed by atoms with E-state index in [1.54, 1.807) is 12.3 Å². The number of aliphatic carboxylic acids is 1. The lowest BCUT2D eigenvalue weighted by Gasteiger charge is -2.19. The quantitative estimate of drug-likeness (QED) is 0.892. The third-order valence-electron chi connectivity index (χ3n) is 2.86. The lowest BCUT2D eigenvalue weighted by Crippen LogP contribution is -2.36. The Morgan fingerprint density at radius 1 is 1.37 bits per heavy atom. The minimum absolute atomic E-state index is 0.243. The Morgan fingerprint density at radius 2 is 2.16 bits per heavy atom. The first-order valence-corrected chi connectivity index (χ1v) is 6.19. The van der Waals surface area contributed by atoms with Crippen molar-refractivity contribution in [3.8, 4) is 0 Å². The number of carbonyl (C=O) groups excluding carboxylic acids is 1. The number of carbonyl (C=O) groups is 2. The van der Waals surface area contributed by atoms with Crippen LogP contribution in [0.2, 0.25) is 0 Å². The first-order valence-electron chi connectivity index (χ1n) is 6.19. The first kappa shape index (κ1) is 13.1. The van der Waals surface area contributed by atoms with Gasteiger partial charge in [0, 0.05) is 24.5 Å². The summed E-state index contributed by atoms with van der Waals surface area (Å²) >= 11 is 0. The van der Waals surface area contributed by atoms with E-state index in [1.165, 1.54) is 4.90 Å². The summed E-state index contributed by atoms with van der Waals surface area (Å²) in [7, 11) is 0.